The summed E-state index contributed by atoms with van der Waals surface area (Å²) in [7, 11) is 1.77. The van der Waals surface area contributed by atoms with Gasteiger partial charge in [0.05, 0.1) is 22.6 Å². The number of aryl methyl sites for hydroxylation is 1. The van der Waals surface area contributed by atoms with Gasteiger partial charge in [0, 0.05) is 55.3 Å². The highest BCUT2D eigenvalue weighted by atomic mass is 35.5. The lowest BCUT2D eigenvalue weighted by Gasteiger charge is -2.34. The van der Waals surface area contributed by atoms with E-state index in [-0.39, 0.29) is 5.82 Å². The summed E-state index contributed by atoms with van der Waals surface area (Å²) >= 11 is 6.71. The molecule has 29 heavy (non-hydrogen) atoms. The first kappa shape index (κ1) is 18.3. The van der Waals surface area contributed by atoms with Crippen LogP contribution in [-0.2, 0) is 7.05 Å². The van der Waals surface area contributed by atoms with Crippen LogP contribution in [0.15, 0.2) is 36.7 Å². The summed E-state index contributed by atoms with van der Waals surface area (Å²) in [5.74, 6) is -0.367. The van der Waals surface area contributed by atoms with E-state index in [1.165, 1.54) is 6.07 Å². The number of aromatic nitrogens is 4. The van der Waals surface area contributed by atoms with E-state index >= 15 is 0 Å². The Morgan fingerprint density at radius 1 is 1.28 bits per heavy atom. The fourth-order valence-electron chi connectivity index (χ4n) is 3.93. The van der Waals surface area contributed by atoms with Crippen LogP contribution in [-0.4, -0.2) is 45.4 Å². The van der Waals surface area contributed by atoms with Crippen molar-refractivity contribution in [2.45, 2.75) is 13.0 Å². The van der Waals surface area contributed by atoms with E-state index in [0.717, 1.165) is 36.1 Å². The maximum Gasteiger partial charge on any atom is 0.161 e. The van der Waals surface area contributed by atoms with E-state index < -0.39 is 0 Å². The second-order valence-electron chi connectivity index (χ2n) is 7.52. The fourth-order valence-corrected chi connectivity index (χ4v) is 4.24. The van der Waals surface area contributed by atoms with E-state index in [1.807, 2.05) is 18.2 Å². The standard InChI is InChI=1S/C21H20ClFN6/c1-12-10-29(6-5-24-12)18-9-25-21-15(19(18)22)3-4-17(26-21)13-7-14-11-28(2)27-20(14)16(23)8-13/h3-4,7-9,11-12,24H,5-6,10H2,1-2H3/t12-/m0/s1. The summed E-state index contributed by atoms with van der Waals surface area (Å²) < 4.78 is 16.1. The molecule has 1 N–H and O–H groups in total. The number of nitrogens with zero attached hydrogens (tertiary/aromatic N) is 5. The maximum atomic E-state index is 14.5. The molecule has 0 unspecified atom stereocenters. The molecule has 4 aromatic rings. The number of pyridine rings is 2. The highest BCUT2D eigenvalue weighted by Crippen LogP contribution is 2.34. The van der Waals surface area contributed by atoms with Gasteiger partial charge in [-0.25, -0.2) is 14.4 Å². The Kier molecular flexibility index (Phi) is 4.37. The first-order valence-corrected chi connectivity index (χ1v) is 9.94. The average Bonchev–Trinajstić information content (AvgIpc) is 3.09. The van der Waals surface area contributed by atoms with Crippen molar-refractivity contribution in [1.82, 2.24) is 25.1 Å². The van der Waals surface area contributed by atoms with Crippen molar-refractivity contribution in [2.24, 2.45) is 7.05 Å². The lowest BCUT2D eigenvalue weighted by Crippen LogP contribution is -2.49. The molecule has 1 aromatic carbocycles. The molecule has 1 saturated heterocycles. The molecule has 0 spiro atoms. The second-order valence-corrected chi connectivity index (χ2v) is 7.90. The van der Waals surface area contributed by atoms with Gasteiger partial charge in [0.2, 0.25) is 0 Å². The predicted octanol–water partition coefficient (Wildman–Crippen LogP) is 3.77. The van der Waals surface area contributed by atoms with Crippen molar-refractivity contribution in [3.63, 3.8) is 0 Å². The molecule has 0 saturated carbocycles. The zero-order valence-electron chi connectivity index (χ0n) is 16.2. The van der Waals surface area contributed by atoms with E-state index in [1.54, 1.807) is 24.1 Å². The van der Waals surface area contributed by atoms with Gasteiger partial charge in [0.1, 0.15) is 5.52 Å². The van der Waals surface area contributed by atoms with Crippen LogP contribution in [0.4, 0.5) is 10.1 Å². The van der Waals surface area contributed by atoms with Gasteiger partial charge >= 0.3 is 0 Å². The molecule has 0 amide bonds. The molecule has 1 aliphatic heterocycles. The zero-order valence-corrected chi connectivity index (χ0v) is 16.9. The molecule has 5 rings (SSSR count). The minimum absolute atomic E-state index is 0.355. The highest BCUT2D eigenvalue weighted by molar-refractivity contribution is 6.37. The molecule has 8 heteroatoms. The number of halogens is 2. The van der Waals surface area contributed by atoms with Gasteiger partial charge in [0.25, 0.3) is 0 Å². The van der Waals surface area contributed by atoms with Crippen molar-refractivity contribution in [3.05, 3.63) is 47.5 Å². The number of anilines is 1. The van der Waals surface area contributed by atoms with Crippen LogP contribution in [0.2, 0.25) is 5.02 Å². The Hall–Kier alpha value is -2.77. The summed E-state index contributed by atoms with van der Waals surface area (Å²) in [4.78, 5) is 11.4. The van der Waals surface area contributed by atoms with Gasteiger partial charge in [0.15, 0.2) is 11.5 Å². The largest absolute Gasteiger partial charge is 0.366 e. The van der Waals surface area contributed by atoms with Gasteiger partial charge in [-0.3, -0.25) is 4.68 Å². The smallest absolute Gasteiger partial charge is 0.161 e. The van der Waals surface area contributed by atoms with Gasteiger partial charge in [-0.2, -0.15) is 5.10 Å². The van der Waals surface area contributed by atoms with Crippen molar-refractivity contribution in [2.75, 3.05) is 24.5 Å². The molecule has 0 aliphatic carbocycles. The minimum Gasteiger partial charge on any atom is -0.366 e. The Bertz CT molecular complexity index is 1240. The molecule has 0 radical (unpaired) electrons. The van der Waals surface area contributed by atoms with Crippen LogP contribution in [0, 0.1) is 5.82 Å². The normalized spacial score (nSPS) is 17.4. The molecule has 3 aromatic heterocycles. The van der Waals surface area contributed by atoms with Gasteiger partial charge in [-0.15, -0.1) is 0 Å². The number of hydrogen-bond acceptors (Lipinski definition) is 5. The topological polar surface area (TPSA) is 58.9 Å². The van der Waals surface area contributed by atoms with E-state index in [2.05, 4.69) is 32.2 Å². The van der Waals surface area contributed by atoms with Gasteiger partial charge < -0.3 is 10.2 Å². The molecular formula is C21H20ClFN6. The predicted molar refractivity (Wildman–Crippen MR) is 114 cm³/mol. The summed E-state index contributed by atoms with van der Waals surface area (Å²) in [6, 6.07) is 7.51. The number of benzene rings is 1. The van der Waals surface area contributed by atoms with Gasteiger partial charge in [-0.1, -0.05) is 11.6 Å². The van der Waals surface area contributed by atoms with Crippen molar-refractivity contribution < 1.29 is 4.39 Å². The fraction of sp³-hybridized carbons (Fsp3) is 0.286. The molecule has 0 bridgehead atoms. The van der Waals surface area contributed by atoms with E-state index in [0.29, 0.717) is 33.5 Å². The van der Waals surface area contributed by atoms with Crippen LogP contribution >= 0.6 is 11.6 Å². The third-order valence-corrected chi connectivity index (χ3v) is 5.72. The summed E-state index contributed by atoms with van der Waals surface area (Å²) in [5, 5.41) is 9.76. The Balaban J connectivity index is 1.57. The quantitative estimate of drug-likeness (QED) is 0.545. The van der Waals surface area contributed by atoms with Crippen LogP contribution < -0.4 is 10.2 Å². The number of rotatable bonds is 2. The van der Waals surface area contributed by atoms with Crippen LogP contribution in [0.3, 0.4) is 0 Å². The van der Waals surface area contributed by atoms with Crippen LogP contribution in [0.25, 0.3) is 33.2 Å². The zero-order chi connectivity index (χ0) is 20.1. The Morgan fingerprint density at radius 3 is 2.97 bits per heavy atom. The van der Waals surface area contributed by atoms with Crippen molar-refractivity contribution in [3.8, 4) is 11.3 Å². The first-order valence-electron chi connectivity index (χ1n) is 9.56. The molecular weight excluding hydrogens is 391 g/mol. The molecule has 1 atom stereocenters. The van der Waals surface area contributed by atoms with Gasteiger partial charge in [-0.05, 0) is 31.2 Å². The monoisotopic (exact) mass is 410 g/mol. The molecule has 6 nitrogen and oxygen atoms in total. The molecule has 4 heterocycles. The lowest BCUT2D eigenvalue weighted by atomic mass is 10.1. The molecule has 1 aliphatic rings. The summed E-state index contributed by atoms with van der Waals surface area (Å²) in [5.41, 5.74) is 3.15. The number of nitrogens with one attached hydrogen (secondary N) is 1. The number of fused-ring (bicyclic) bond motifs is 2. The van der Waals surface area contributed by atoms with Crippen molar-refractivity contribution >= 4 is 39.2 Å². The van der Waals surface area contributed by atoms with Crippen LogP contribution in [0.5, 0.6) is 0 Å². The third-order valence-electron chi connectivity index (χ3n) is 5.33. The summed E-state index contributed by atoms with van der Waals surface area (Å²) in [6.07, 6.45) is 3.57. The first-order chi connectivity index (χ1) is 14.0. The Morgan fingerprint density at radius 2 is 2.14 bits per heavy atom. The number of piperazine rings is 1. The SMILES string of the molecule is C[C@H]1CN(c2cnc3nc(-c4cc(F)c5nn(C)cc5c4)ccc3c2Cl)CCN1. The third kappa shape index (κ3) is 3.20. The molecule has 148 valence electrons. The lowest BCUT2D eigenvalue weighted by molar-refractivity contribution is 0.485. The van der Waals surface area contributed by atoms with Crippen molar-refractivity contribution in [1.29, 1.82) is 0 Å². The second kappa shape index (κ2) is 6.93. The molecule has 1 fully saturated rings. The minimum atomic E-state index is -0.367. The number of hydrogen-bond donors (Lipinski definition) is 1. The summed E-state index contributed by atoms with van der Waals surface area (Å²) in [6.45, 7) is 4.83. The average molecular weight is 411 g/mol. The van der Waals surface area contributed by atoms with Crippen LogP contribution in [0.1, 0.15) is 6.92 Å². The Labute approximate surface area is 172 Å². The van der Waals surface area contributed by atoms with E-state index in [4.69, 9.17) is 11.6 Å². The highest BCUT2D eigenvalue weighted by Gasteiger charge is 2.20. The van der Waals surface area contributed by atoms with E-state index in [9.17, 15) is 4.39 Å². The maximum absolute atomic E-state index is 14.5.